The molecule has 6 nitrogen and oxygen atoms in total. The van der Waals surface area contributed by atoms with Crippen LogP contribution in [-0.4, -0.2) is 21.8 Å². The highest BCUT2D eigenvalue weighted by molar-refractivity contribution is 5.94. The van der Waals surface area contributed by atoms with Crippen LogP contribution in [0.15, 0.2) is 76.8 Å². The highest BCUT2D eigenvalue weighted by Crippen LogP contribution is 2.08. The Balaban J connectivity index is 1.72. The SMILES string of the molecule is Cc1ccc(Cn2cccc(C(=O)N/N=C\c3ccc(O)cc3)c2=O)cc1. The minimum absolute atomic E-state index is 0.0208. The van der Waals surface area contributed by atoms with E-state index in [9.17, 15) is 14.7 Å². The van der Waals surface area contributed by atoms with Gasteiger partial charge in [0.25, 0.3) is 11.5 Å². The molecule has 0 bridgehead atoms. The molecule has 1 heterocycles. The lowest BCUT2D eigenvalue weighted by atomic mass is 10.1. The highest BCUT2D eigenvalue weighted by atomic mass is 16.3. The molecule has 3 aromatic rings. The van der Waals surface area contributed by atoms with Crippen LogP contribution in [0.4, 0.5) is 0 Å². The van der Waals surface area contributed by atoms with Crippen LogP contribution in [0, 0.1) is 6.92 Å². The van der Waals surface area contributed by atoms with E-state index in [0.717, 1.165) is 11.1 Å². The van der Waals surface area contributed by atoms with Crippen LogP contribution in [0.5, 0.6) is 5.75 Å². The molecule has 2 N–H and O–H groups in total. The predicted molar refractivity (Wildman–Crippen MR) is 104 cm³/mol. The maximum Gasteiger partial charge on any atom is 0.276 e. The van der Waals surface area contributed by atoms with Gasteiger partial charge in [-0.15, -0.1) is 0 Å². The van der Waals surface area contributed by atoms with Crippen molar-refractivity contribution in [2.75, 3.05) is 0 Å². The summed E-state index contributed by atoms with van der Waals surface area (Å²) in [5, 5.41) is 13.1. The number of rotatable bonds is 5. The number of aryl methyl sites for hydroxylation is 1. The van der Waals surface area contributed by atoms with Crippen LogP contribution in [0.3, 0.4) is 0 Å². The van der Waals surface area contributed by atoms with Crippen molar-refractivity contribution in [1.82, 2.24) is 9.99 Å². The molecular formula is C21H19N3O3. The zero-order valence-electron chi connectivity index (χ0n) is 14.8. The molecule has 0 saturated heterocycles. The highest BCUT2D eigenvalue weighted by Gasteiger charge is 2.11. The van der Waals surface area contributed by atoms with Crippen molar-refractivity contribution in [1.29, 1.82) is 0 Å². The number of aromatic nitrogens is 1. The molecule has 3 rings (SSSR count). The number of benzene rings is 2. The Morgan fingerprint density at radius 3 is 2.52 bits per heavy atom. The molecule has 0 atom stereocenters. The molecule has 27 heavy (non-hydrogen) atoms. The average molecular weight is 361 g/mol. The number of nitrogens with one attached hydrogen (secondary N) is 1. The summed E-state index contributed by atoms with van der Waals surface area (Å²) in [6.45, 7) is 2.39. The van der Waals surface area contributed by atoms with Crippen LogP contribution in [0.25, 0.3) is 0 Å². The number of aromatic hydroxyl groups is 1. The Morgan fingerprint density at radius 2 is 1.81 bits per heavy atom. The molecule has 136 valence electrons. The van der Waals surface area contributed by atoms with Crippen LogP contribution in [-0.2, 0) is 6.54 Å². The lowest BCUT2D eigenvalue weighted by Gasteiger charge is -2.08. The first-order valence-electron chi connectivity index (χ1n) is 8.40. The van der Waals surface area contributed by atoms with Crippen molar-refractivity contribution in [2.45, 2.75) is 13.5 Å². The molecule has 0 unspecified atom stereocenters. The summed E-state index contributed by atoms with van der Waals surface area (Å²) in [4.78, 5) is 24.9. The summed E-state index contributed by atoms with van der Waals surface area (Å²) < 4.78 is 1.49. The van der Waals surface area contributed by atoms with Gasteiger partial charge in [0.05, 0.1) is 12.8 Å². The van der Waals surface area contributed by atoms with E-state index >= 15 is 0 Å². The van der Waals surface area contributed by atoms with Gasteiger partial charge < -0.3 is 9.67 Å². The third-order valence-corrected chi connectivity index (χ3v) is 4.01. The van der Waals surface area contributed by atoms with Gasteiger partial charge in [-0.2, -0.15) is 5.10 Å². The first-order valence-corrected chi connectivity index (χ1v) is 8.40. The summed E-state index contributed by atoms with van der Waals surface area (Å²) in [6.07, 6.45) is 3.09. The van der Waals surface area contributed by atoms with Gasteiger partial charge >= 0.3 is 0 Å². The van der Waals surface area contributed by atoms with E-state index in [1.165, 1.54) is 29.0 Å². The largest absolute Gasteiger partial charge is 0.508 e. The molecule has 2 aromatic carbocycles. The Hall–Kier alpha value is -3.67. The van der Waals surface area contributed by atoms with Crippen molar-refractivity contribution >= 4 is 12.1 Å². The standard InChI is InChI=1S/C21H19N3O3/c1-15-4-6-17(7-5-15)14-24-12-2-3-19(21(24)27)20(26)23-22-13-16-8-10-18(25)11-9-16/h2-13,25H,14H2,1H3,(H,23,26)/b22-13-. The van der Waals surface area contributed by atoms with E-state index in [4.69, 9.17) is 0 Å². The molecule has 6 heteroatoms. The molecule has 1 aromatic heterocycles. The van der Waals surface area contributed by atoms with Crippen molar-refractivity contribution in [3.63, 3.8) is 0 Å². The number of hydrogen-bond donors (Lipinski definition) is 2. The third-order valence-electron chi connectivity index (χ3n) is 4.01. The number of carbonyl (C=O) groups excluding carboxylic acids is 1. The van der Waals surface area contributed by atoms with Gasteiger partial charge in [-0.05, 0) is 54.4 Å². The maximum atomic E-state index is 12.6. The molecule has 0 fully saturated rings. The van der Waals surface area contributed by atoms with Crippen molar-refractivity contribution < 1.29 is 9.90 Å². The lowest BCUT2D eigenvalue weighted by Crippen LogP contribution is -2.30. The van der Waals surface area contributed by atoms with Gasteiger partial charge in [0.1, 0.15) is 11.3 Å². The topological polar surface area (TPSA) is 83.7 Å². The molecule has 0 aliphatic heterocycles. The fourth-order valence-corrected chi connectivity index (χ4v) is 2.51. The fourth-order valence-electron chi connectivity index (χ4n) is 2.51. The van der Waals surface area contributed by atoms with E-state index in [-0.39, 0.29) is 16.9 Å². The van der Waals surface area contributed by atoms with Crippen LogP contribution in [0.1, 0.15) is 27.0 Å². The summed E-state index contributed by atoms with van der Waals surface area (Å²) in [5.74, 6) is -0.428. The van der Waals surface area contributed by atoms with E-state index in [2.05, 4.69) is 10.5 Å². The number of phenols is 1. The number of phenolic OH excluding ortho intramolecular Hbond substituents is 1. The number of carbonyl (C=O) groups is 1. The number of amides is 1. The summed E-state index contributed by atoms with van der Waals surface area (Å²) >= 11 is 0. The van der Waals surface area contributed by atoms with E-state index < -0.39 is 5.91 Å². The second kappa shape index (κ2) is 8.14. The summed E-state index contributed by atoms with van der Waals surface area (Å²) in [5.41, 5.74) is 4.83. The van der Waals surface area contributed by atoms with Gasteiger partial charge in [-0.25, -0.2) is 5.43 Å². The molecule has 1 amide bonds. The summed E-state index contributed by atoms with van der Waals surface area (Å²) in [7, 11) is 0. The van der Waals surface area contributed by atoms with Crippen LogP contribution in [0.2, 0.25) is 0 Å². The van der Waals surface area contributed by atoms with Crippen molar-refractivity contribution in [2.24, 2.45) is 5.10 Å². The monoisotopic (exact) mass is 361 g/mol. The van der Waals surface area contributed by atoms with E-state index in [1.807, 2.05) is 31.2 Å². The van der Waals surface area contributed by atoms with Crippen LogP contribution < -0.4 is 11.0 Å². The number of nitrogens with zero attached hydrogens (tertiary/aromatic N) is 2. The second-order valence-electron chi connectivity index (χ2n) is 6.13. The maximum absolute atomic E-state index is 12.6. The summed E-state index contributed by atoms with van der Waals surface area (Å²) in [6, 6.07) is 17.3. The van der Waals surface area contributed by atoms with Gasteiger partial charge in [0.2, 0.25) is 0 Å². The first kappa shape index (κ1) is 18.1. The minimum Gasteiger partial charge on any atom is -0.508 e. The Morgan fingerprint density at radius 1 is 1.11 bits per heavy atom. The molecule has 0 aliphatic rings. The van der Waals surface area contributed by atoms with Crippen LogP contribution >= 0.6 is 0 Å². The molecule has 0 spiro atoms. The lowest BCUT2D eigenvalue weighted by molar-refractivity contribution is 0.0953. The smallest absolute Gasteiger partial charge is 0.276 e. The van der Waals surface area contributed by atoms with Gasteiger partial charge in [-0.3, -0.25) is 9.59 Å². The Bertz CT molecular complexity index is 1020. The van der Waals surface area contributed by atoms with Gasteiger partial charge in [0.15, 0.2) is 0 Å². The number of hydrogen-bond acceptors (Lipinski definition) is 4. The second-order valence-corrected chi connectivity index (χ2v) is 6.13. The minimum atomic E-state index is -0.576. The molecular weight excluding hydrogens is 342 g/mol. The molecule has 0 aliphatic carbocycles. The average Bonchev–Trinajstić information content (AvgIpc) is 2.66. The first-order chi connectivity index (χ1) is 13.0. The van der Waals surface area contributed by atoms with Crippen molar-refractivity contribution in [3.05, 3.63) is 99.5 Å². The Kier molecular flexibility index (Phi) is 5.47. The van der Waals surface area contributed by atoms with Gasteiger partial charge in [-0.1, -0.05) is 29.8 Å². The predicted octanol–water partition coefficient (Wildman–Crippen LogP) is 2.67. The van der Waals surface area contributed by atoms with E-state index in [0.29, 0.717) is 12.1 Å². The normalized spacial score (nSPS) is 10.9. The quantitative estimate of drug-likeness (QED) is 0.541. The van der Waals surface area contributed by atoms with Gasteiger partial charge in [0, 0.05) is 6.20 Å². The molecule has 0 radical (unpaired) electrons. The Labute approximate surface area is 156 Å². The van der Waals surface area contributed by atoms with E-state index in [1.54, 1.807) is 24.4 Å². The molecule has 0 saturated carbocycles. The van der Waals surface area contributed by atoms with Crippen molar-refractivity contribution in [3.8, 4) is 5.75 Å². The fraction of sp³-hybridized carbons (Fsp3) is 0.0952. The number of hydrazone groups is 1. The number of pyridine rings is 1. The third kappa shape index (κ3) is 4.70. The zero-order valence-corrected chi connectivity index (χ0v) is 14.8. The zero-order chi connectivity index (χ0) is 19.2.